The number of rotatable bonds is 3. The quantitative estimate of drug-likeness (QED) is 0.741. The van der Waals surface area contributed by atoms with Crippen molar-refractivity contribution >= 4 is 11.1 Å². The molecule has 0 aliphatic carbocycles. The molecule has 3 aromatic rings. The molecule has 0 amide bonds. The molecule has 0 spiro atoms. The van der Waals surface area contributed by atoms with Crippen molar-refractivity contribution in [2.45, 2.75) is 39.4 Å². The highest BCUT2D eigenvalue weighted by atomic mass is 16.3. The van der Waals surface area contributed by atoms with Gasteiger partial charge in [-0.15, -0.1) is 0 Å². The van der Waals surface area contributed by atoms with Crippen molar-refractivity contribution in [1.29, 1.82) is 0 Å². The zero-order valence-corrected chi connectivity index (χ0v) is 13.9. The molecule has 0 fully saturated rings. The molecule has 6 heteroatoms. The first kappa shape index (κ1) is 15.1. The number of nitrogens with zero attached hydrogens (tertiary/aromatic N) is 4. The number of hydrogen-bond acceptors (Lipinski definition) is 5. The van der Waals surface area contributed by atoms with Gasteiger partial charge in [0.05, 0.1) is 18.3 Å². The number of para-hydroxylation sites is 2. The van der Waals surface area contributed by atoms with Crippen LogP contribution in [0.25, 0.3) is 11.1 Å². The van der Waals surface area contributed by atoms with Crippen LogP contribution in [0.15, 0.2) is 39.5 Å². The van der Waals surface area contributed by atoms with Crippen molar-refractivity contribution < 1.29 is 4.42 Å². The summed E-state index contributed by atoms with van der Waals surface area (Å²) in [6, 6.07) is 9.58. The largest absolute Gasteiger partial charge is 0.439 e. The summed E-state index contributed by atoms with van der Waals surface area (Å²) in [5, 5.41) is 4.53. The summed E-state index contributed by atoms with van der Waals surface area (Å²) in [6.07, 6.45) is 0.836. The number of hydrogen-bond donors (Lipinski definition) is 0. The van der Waals surface area contributed by atoms with E-state index in [1.54, 1.807) is 10.7 Å². The second-order valence-electron chi connectivity index (χ2n) is 6.53. The topological polar surface area (TPSA) is 64.2 Å². The van der Waals surface area contributed by atoms with E-state index in [9.17, 15) is 4.79 Å². The van der Waals surface area contributed by atoms with Crippen molar-refractivity contribution in [2.75, 3.05) is 6.54 Å². The summed E-state index contributed by atoms with van der Waals surface area (Å²) in [5.41, 5.74) is 3.70. The Morgan fingerprint density at radius 2 is 2.12 bits per heavy atom. The highest BCUT2D eigenvalue weighted by Gasteiger charge is 2.21. The van der Waals surface area contributed by atoms with Crippen LogP contribution in [0.2, 0.25) is 0 Å². The highest BCUT2D eigenvalue weighted by Crippen LogP contribution is 2.20. The first-order valence-corrected chi connectivity index (χ1v) is 8.28. The zero-order valence-electron chi connectivity index (χ0n) is 13.9. The Hall–Kier alpha value is -2.47. The molecule has 0 bridgehead atoms. The van der Waals surface area contributed by atoms with E-state index in [-0.39, 0.29) is 11.6 Å². The minimum atomic E-state index is -0.0348. The molecule has 124 valence electrons. The lowest BCUT2D eigenvalue weighted by Gasteiger charge is -2.27. The van der Waals surface area contributed by atoms with Crippen LogP contribution >= 0.6 is 0 Å². The maximum Gasteiger partial charge on any atom is 0.267 e. The Balaban J connectivity index is 1.55. The van der Waals surface area contributed by atoms with Gasteiger partial charge in [0.15, 0.2) is 5.58 Å². The Morgan fingerprint density at radius 1 is 1.29 bits per heavy atom. The molecular weight excluding hydrogens is 304 g/mol. The number of fused-ring (bicyclic) bond motifs is 2. The van der Waals surface area contributed by atoms with Gasteiger partial charge in [-0.2, -0.15) is 5.10 Å². The van der Waals surface area contributed by atoms with Gasteiger partial charge in [-0.3, -0.25) is 9.69 Å². The SMILES string of the molecule is CC(C)n1nc2c(cc1=O)CN(Cc1nc3ccccc3o1)CC2. The van der Waals surface area contributed by atoms with Crippen LogP contribution in [0.3, 0.4) is 0 Å². The van der Waals surface area contributed by atoms with Crippen LogP contribution in [-0.4, -0.2) is 26.2 Å². The summed E-state index contributed by atoms with van der Waals surface area (Å²) in [6.45, 7) is 6.18. The van der Waals surface area contributed by atoms with Gasteiger partial charge in [0.25, 0.3) is 5.56 Å². The standard InChI is InChI=1S/C18H20N4O2/c1-12(2)22-18(23)9-13-10-21(8-7-14(13)20-22)11-17-19-15-5-3-4-6-16(15)24-17/h3-6,9,12H,7-8,10-11H2,1-2H3. The van der Waals surface area contributed by atoms with Gasteiger partial charge >= 0.3 is 0 Å². The Morgan fingerprint density at radius 3 is 2.92 bits per heavy atom. The van der Waals surface area contributed by atoms with Crippen LogP contribution in [0.1, 0.15) is 37.0 Å². The minimum absolute atomic E-state index is 0.0348. The van der Waals surface area contributed by atoms with Gasteiger partial charge < -0.3 is 4.42 Å². The first-order chi connectivity index (χ1) is 11.6. The smallest absolute Gasteiger partial charge is 0.267 e. The fourth-order valence-corrected chi connectivity index (χ4v) is 3.16. The van der Waals surface area contributed by atoms with E-state index >= 15 is 0 Å². The molecule has 24 heavy (non-hydrogen) atoms. The molecule has 3 heterocycles. The molecular formula is C18H20N4O2. The van der Waals surface area contributed by atoms with Gasteiger partial charge in [0.1, 0.15) is 5.52 Å². The van der Waals surface area contributed by atoms with Crippen molar-refractivity contribution in [1.82, 2.24) is 19.7 Å². The molecule has 0 saturated heterocycles. The van der Waals surface area contributed by atoms with Crippen LogP contribution in [0, 0.1) is 0 Å². The van der Waals surface area contributed by atoms with Crippen LogP contribution < -0.4 is 5.56 Å². The van der Waals surface area contributed by atoms with Crippen LogP contribution in [0.5, 0.6) is 0 Å². The highest BCUT2D eigenvalue weighted by molar-refractivity contribution is 5.72. The summed E-state index contributed by atoms with van der Waals surface area (Å²) in [7, 11) is 0. The second-order valence-corrected chi connectivity index (χ2v) is 6.53. The molecule has 0 N–H and O–H groups in total. The average Bonchev–Trinajstić information content (AvgIpc) is 2.96. The molecule has 4 rings (SSSR count). The van der Waals surface area contributed by atoms with E-state index < -0.39 is 0 Å². The van der Waals surface area contributed by atoms with Crippen molar-refractivity contribution in [2.24, 2.45) is 0 Å². The van der Waals surface area contributed by atoms with Crippen molar-refractivity contribution in [3.05, 3.63) is 57.8 Å². The summed E-state index contributed by atoms with van der Waals surface area (Å²) < 4.78 is 7.36. The van der Waals surface area contributed by atoms with Crippen LogP contribution in [0.4, 0.5) is 0 Å². The van der Waals surface area contributed by atoms with Crippen molar-refractivity contribution in [3.8, 4) is 0 Å². The lowest BCUT2D eigenvalue weighted by molar-refractivity contribution is 0.219. The maximum atomic E-state index is 12.2. The number of aromatic nitrogens is 3. The molecule has 6 nitrogen and oxygen atoms in total. The van der Waals surface area contributed by atoms with Gasteiger partial charge in [0.2, 0.25) is 5.89 Å². The second kappa shape index (κ2) is 5.87. The lowest BCUT2D eigenvalue weighted by Crippen LogP contribution is -2.35. The molecule has 1 aliphatic heterocycles. The van der Waals surface area contributed by atoms with Crippen molar-refractivity contribution in [3.63, 3.8) is 0 Å². The first-order valence-electron chi connectivity index (χ1n) is 8.28. The summed E-state index contributed by atoms with van der Waals surface area (Å²) in [5.74, 6) is 0.711. The minimum Gasteiger partial charge on any atom is -0.439 e. The fraction of sp³-hybridized carbons (Fsp3) is 0.389. The predicted molar refractivity (Wildman–Crippen MR) is 90.7 cm³/mol. The van der Waals surface area contributed by atoms with Gasteiger partial charge in [-0.05, 0) is 31.5 Å². The Labute approximate surface area is 139 Å². The molecule has 1 aliphatic rings. The van der Waals surface area contributed by atoms with E-state index in [4.69, 9.17) is 4.42 Å². The summed E-state index contributed by atoms with van der Waals surface area (Å²) >= 11 is 0. The van der Waals surface area contributed by atoms with E-state index in [0.29, 0.717) is 19.0 Å². The van der Waals surface area contributed by atoms with E-state index in [2.05, 4.69) is 15.0 Å². The molecule has 0 saturated carbocycles. The average molecular weight is 324 g/mol. The predicted octanol–water partition coefficient (Wildman–Crippen LogP) is 2.52. The molecule has 1 aromatic carbocycles. The summed E-state index contributed by atoms with van der Waals surface area (Å²) in [4.78, 5) is 18.9. The van der Waals surface area contributed by atoms with Crippen LogP contribution in [-0.2, 0) is 19.5 Å². The van der Waals surface area contributed by atoms with Gasteiger partial charge in [-0.25, -0.2) is 9.67 Å². The Bertz CT molecular complexity index is 909. The van der Waals surface area contributed by atoms with E-state index in [1.165, 1.54) is 0 Å². The van der Waals surface area contributed by atoms with Gasteiger partial charge in [-0.1, -0.05) is 12.1 Å². The molecule has 0 atom stereocenters. The third-order valence-electron chi connectivity index (χ3n) is 4.37. The molecule has 2 aromatic heterocycles. The third-order valence-corrected chi connectivity index (χ3v) is 4.37. The zero-order chi connectivity index (χ0) is 16.7. The normalized spacial score (nSPS) is 15.1. The monoisotopic (exact) mass is 324 g/mol. The Kier molecular flexibility index (Phi) is 3.69. The van der Waals surface area contributed by atoms with E-state index in [1.807, 2.05) is 38.1 Å². The van der Waals surface area contributed by atoms with E-state index in [0.717, 1.165) is 35.3 Å². The number of benzene rings is 1. The number of oxazole rings is 1. The molecule has 0 radical (unpaired) electrons. The van der Waals surface area contributed by atoms with Gasteiger partial charge in [0, 0.05) is 25.6 Å². The lowest BCUT2D eigenvalue weighted by atomic mass is 10.1. The third kappa shape index (κ3) is 2.73. The molecule has 0 unspecified atom stereocenters. The fourth-order valence-electron chi connectivity index (χ4n) is 3.16. The maximum absolute atomic E-state index is 12.2.